The number of fused-ring (bicyclic) bond motifs is 1. The molecule has 2 aliphatic rings. The van der Waals surface area contributed by atoms with E-state index in [2.05, 4.69) is 4.98 Å². The molecule has 0 spiro atoms. The minimum absolute atomic E-state index is 0.115. The molecule has 7 nitrogen and oxygen atoms in total. The standard InChI is InChI=1S/C16H16N2O5S/c19-24(20,14-4-5-15-16(7-14)23-11-22-15)18-8-13(9-18)21-10-12-3-1-2-6-17-12/h1-7,13H,8-11H2. The van der Waals surface area contributed by atoms with Gasteiger partial charge in [-0.25, -0.2) is 8.42 Å². The number of ether oxygens (including phenoxy) is 3. The Morgan fingerprint density at radius 1 is 1.17 bits per heavy atom. The first-order valence-corrected chi connectivity index (χ1v) is 8.98. The van der Waals surface area contributed by atoms with Crippen LogP contribution in [0.4, 0.5) is 0 Å². The lowest BCUT2D eigenvalue weighted by Gasteiger charge is -2.37. The Morgan fingerprint density at radius 3 is 2.79 bits per heavy atom. The maximum atomic E-state index is 12.6. The van der Waals surface area contributed by atoms with Crippen molar-refractivity contribution in [1.29, 1.82) is 0 Å². The van der Waals surface area contributed by atoms with Crippen molar-refractivity contribution in [2.24, 2.45) is 0 Å². The number of pyridine rings is 1. The third kappa shape index (κ3) is 2.83. The summed E-state index contributed by atoms with van der Waals surface area (Å²) in [5, 5.41) is 0. The zero-order valence-electron chi connectivity index (χ0n) is 12.8. The molecule has 24 heavy (non-hydrogen) atoms. The van der Waals surface area contributed by atoms with Crippen molar-refractivity contribution in [3.05, 3.63) is 48.3 Å². The Balaban J connectivity index is 1.37. The fraction of sp³-hybridized carbons (Fsp3) is 0.312. The Kier molecular flexibility index (Phi) is 3.87. The molecule has 1 aromatic carbocycles. The van der Waals surface area contributed by atoms with Crippen LogP contribution in [0.1, 0.15) is 5.69 Å². The summed E-state index contributed by atoms with van der Waals surface area (Å²) in [6.45, 7) is 1.17. The van der Waals surface area contributed by atoms with E-state index >= 15 is 0 Å². The maximum absolute atomic E-state index is 12.6. The molecule has 2 aromatic rings. The Bertz CT molecular complexity index is 835. The first-order valence-electron chi connectivity index (χ1n) is 7.54. The highest BCUT2D eigenvalue weighted by Gasteiger charge is 2.38. The summed E-state index contributed by atoms with van der Waals surface area (Å²) in [6, 6.07) is 10.3. The molecule has 1 aromatic heterocycles. The number of rotatable bonds is 5. The van der Waals surface area contributed by atoms with Crippen LogP contribution < -0.4 is 9.47 Å². The van der Waals surface area contributed by atoms with Gasteiger partial charge in [0.2, 0.25) is 16.8 Å². The van der Waals surface area contributed by atoms with Crippen LogP contribution in [0.15, 0.2) is 47.5 Å². The summed E-state index contributed by atoms with van der Waals surface area (Å²) >= 11 is 0. The molecule has 126 valence electrons. The lowest BCUT2D eigenvalue weighted by atomic mass is 10.2. The van der Waals surface area contributed by atoms with Crippen LogP contribution in [0, 0.1) is 0 Å². The van der Waals surface area contributed by atoms with Gasteiger partial charge in [-0.1, -0.05) is 6.07 Å². The van der Waals surface area contributed by atoms with Gasteiger partial charge in [0.1, 0.15) is 0 Å². The summed E-state index contributed by atoms with van der Waals surface area (Å²) in [6.07, 6.45) is 1.59. The summed E-state index contributed by atoms with van der Waals surface area (Å²) in [5.74, 6) is 1.02. The molecule has 2 aliphatic heterocycles. The molecule has 0 saturated carbocycles. The molecule has 3 heterocycles. The van der Waals surface area contributed by atoms with Crippen LogP contribution in [0.2, 0.25) is 0 Å². The third-order valence-electron chi connectivity index (χ3n) is 3.99. The van der Waals surface area contributed by atoms with Gasteiger partial charge in [0.25, 0.3) is 0 Å². The minimum Gasteiger partial charge on any atom is -0.454 e. The van der Waals surface area contributed by atoms with Gasteiger partial charge in [-0.2, -0.15) is 4.31 Å². The monoisotopic (exact) mass is 348 g/mol. The van der Waals surface area contributed by atoms with Crippen molar-refractivity contribution in [3.8, 4) is 11.5 Å². The number of hydrogen-bond donors (Lipinski definition) is 0. The zero-order valence-corrected chi connectivity index (χ0v) is 13.6. The molecule has 4 rings (SSSR count). The van der Waals surface area contributed by atoms with Crippen molar-refractivity contribution in [1.82, 2.24) is 9.29 Å². The lowest BCUT2D eigenvalue weighted by molar-refractivity contribution is -0.0307. The normalized spacial score (nSPS) is 17.7. The van der Waals surface area contributed by atoms with E-state index in [0.29, 0.717) is 31.2 Å². The first-order chi connectivity index (χ1) is 11.6. The number of hydrogen-bond acceptors (Lipinski definition) is 6. The van der Waals surface area contributed by atoms with E-state index in [1.54, 1.807) is 12.3 Å². The van der Waals surface area contributed by atoms with Crippen LogP contribution in [0.5, 0.6) is 11.5 Å². The molecule has 8 heteroatoms. The highest BCUT2D eigenvalue weighted by molar-refractivity contribution is 7.89. The molecule has 0 aliphatic carbocycles. The second-order valence-electron chi connectivity index (χ2n) is 5.59. The van der Waals surface area contributed by atoms with E-state index in [1.165, 1.54) is 16.4 Å². The van der Waals surface area contributed by atoms with E-state index in [-0.39, 0.29) is 17.8 Å². The predicted octanol–water partition coefficient (Wildman–Crippen LogP) is 1.40. The van der Waals surface area contributed by atoms with Gasteiger partial charge >= 0.3 is 0 Å². The fourth-order valence-corrected chi connectivity index (χ4v) is 4.09. The average molecular weight is 348 g/mol. The second kappa shape index (κ2) is 6.04. The molecular weight excluding hydrogens is 332 g/mol. The molecule has 0 unspecified atom stereocenters. The highest BCUT2D eigenvalue weighted by atomic mass is 32.2. The topological polar surface area (TPSA) is 78.0 Å². The molecular formula is C16H16N2O5S. The SMILES string of the molecule is O=S(=O)(c1ccc2c(c1)OCO2)N1CC(OCc2ccccn2)C1. The number of benzene rings is 1. The minimum atomic E-state index is -3.54. The van der Waals surface area contributed by atoms with Crippen LogP contribution in [-0.4, -0.2) is 43.7 Å². The van der Waals surface area contributed by atoms with Gasteiger partial charge in [0.05, 0.1) is 23.3 Å². The van der Waals surface area contributed by atoms with Gasteiger partial charge in [-0.3, -0.25) is 4.98 Å². The molecule has 0 bridgehead atoms. The van der Waals surface area contributed by atoms with E-state index in [4.69, 9.17) is 14.2 Å². The summed E-state index contributed by atoms with van der Waals surface area (Å²) in [4.78, 5) is 4.38. The van der Waals surface area contributed by atoms with E-state index < -0.39 is 10.0 Å². The van der Waals surface area contributed by atoms with Crippen molar-refractivity contribution >= 4 is 10.0 Å². The first kappa shape index (κ1) is 15.4. The quantitative estimate of drug-likeness (QED) is 0.813. The molecule has 0 radical (unpaired) electrons. The molecule has 1 fully saturated rings. The van der Waals surface area contributed by atoms with Crippen molar-refractivity contribution in [3.63, 3.8) is 0 Å². The van der Waals surface area contributed by atoms with Crippen molar-refractivity contribution in [2.45, 2.75) is 17.6 Å². The number of nitrogens with zero attached hydrogens (tertiary/aromatic N) is 2. The Labute approximate surface area is 139 Å². The van der Waals surface area contributed by atoms with Crippen LogP contribution >= 0.6 is 0 Å². The average Bonchev–Trinajstić information content (AvgIpc) is 3.01. The van der Waals surface area contributed by atoms with Crippen LogP contribution in [-0.2, 0) is 21.4 Å². The molecule has 0 N–H and O–H groups in total. The number of aromatic nitrogens is 1. The highest BCUT2D eigenvalue weighted by Crippen LogP contribution is 2.35. The Morgan fingerprint density at radius 2 is 2.00 bits per heavy atom. The van der Waals surface area contributed by atoms with E-state index in [9.17, 15) is 8.42 Å². The maximum Gasteiger partial charge on any atom is 0.243 e. The smallest absolute Gasteiger partial charge is 0.243 e. The molecule has 0 atom stereocenters. The van der Waals surface area contributed by atoms with Crippen molar-refractivity contribution in [2.75, 3.05) is 19.9 Å². The van der Waals surface area contributed by atoms with Gasteiger partial charge in [-0.15, -0.1) is 0 Å². The summed E-state index contributed by atoms with van der Waals surface area (Å²) < 4.78 is 42.7. The lowest BCUT2D eigenvalue weighted by Crippen LogP contribution is -2.54. The van der Waals surface area contributed by atoms with Gasteiger partial charge in [0, 0.05) is 25.4 Å². The van der Waals surface area contributed by atoms with Crippen LogP contribution in [0.3, 0.4) is 0 Å². The van der Waals surface area contributed by atoms with E-state index in [0.717, 1.165) is 5.69 Å². The molecule has 0 amide bonds. The van der Waals surface area contributed by atoms with Crippen LogP contribution in [0.25, 0.3) is 0 Å². The largest absolute Gasteiger partial charge is 0.454 e. The second-order valence-corrected chi connectivity index (χ2v) is 7.53. The summed E-state index contributed by atoms with van der Waals surface area (Å²) in [7, 11) is -3.54. The predicted molar refractivity (Wildman–Crippen MR) is 84.1 cm³/mol. The van der Waals surface area contributed by atoms with Gasteiger partial charge in [-0.05, 0) is 24.3 Å². The zero-order chi connectivity index (χ0) is 16.6. The number of sulfonamides is 1. The van der Waals surface area contributed by atoms with Gasteiger partial charge < -0.3 is 14.2 Å². The Hall–Kier alpha value is -2.16. The third-order valence-corrected chi connectivity index (χ3v) is 5.82. The molecule has 1 saturated heterocycles. The fourth-order valence-electron chi connectivity index (χ4n) is 2.58. The van der Waals surface area contributed by atoms with Crippen molar-refractivity contribution < 1.29 is 22.6 Å². The van der Waals surface area contributed by atoms with Gasteiger partial charge in [0.15, 0.2) is 11.5 Å². The summed E-state index contributed by atoms with van der Waals surface area (Å²) in [5.41, 5.74) is 0.828. The van der Waals surface area contributed by atoms with E-state index in [1.807, 2.05) is 18.2 Å².